The molecule has 118 valence electrons. The van der Waals surface area contributed by atoms with Crippen molar-refractivity contribution in [2.45, 2.75) is 19.4 Å². The molecule has 1 aliphatic rings. The molecule has 1 amide bonds. The van der Waals surface area contributed by atoms with Gasteiger partial charge in [0.05, 0.1) is 17.0 Å². The van der Waals surface area contributed by atoms with Crippen molar-refractivity contribution in [2.24, 2.45) is 0 Å². The maximum Gasteiger partial charge on any atom is 0.266 e. The minimum atomic E-state index is -3.03. The average molecular weight is 340 g/mol. The van der Waals surface area contributed by atoms with E-state index in [1.54, 1.807) is 23.1 Å². The highest BCUT2D eigenvalue weighted by atomic mass is 32.2. The summed E-state index contributed by atoms with van der Waals surface area (Å²) in [4.78, 5) is 17.4. The van der Waals surface area contributed by atoms with Gasteiger partial charge >= 0.3 is 0 Å². The summed E-state index contributed by atoms with van der Waals surface area (Å²) in [6, 6.07) is 4.81. The third-order valence-electron chi connectivity index (χ3n) is 3.92. The summed E-state index contributed by atoms with van der Waals surface area (Å²) < 4.78 is 28.6. The number of carbonyl (C=O) groups excluding carboxylic acids is 1. The predicted octanol–water partition coefficient (Wildman–Crippen LogP) is 2.14. The summed E-state index contributed by atoms with van der Waals surface area (Å²) >= 11 is 4.92. The van der Waals surface area contributed by atoms with Gasteiger partial charge in [0.15, 0.2) is 15.4 Å². The lowest BCUT2D eigenvalue weighted by atomic mass is 10.1. The first kappa shape index (κ1) is 15.2. The van der Waals surface area contributed by atoms with Crippen molar-refractivity contribution < 1.29 is 17.6 Å². The number of amides is 1. The van der Waals surface area contributed by atoms with Gasteiger partial charge in [0.1, 0.15) is 0 Å². The lowest BCUT2D eigenvalue weighted by Crippen LogP contribution is -2.40. The number of aromatic nitrogens is 1. The Morgan fingerprint density at radius 3 is 2.91 bits per heavy atom. The summed E-state index contributed by atoms with van der Waals surface area (Å²) in [7, 11) is -3.03. The van der Waals surface area contributed by atoms with Crippen molar-refractivity contribution in [1.29, 1.82) is 0 Å². The lowest BCUT2D eigenvalue weighted by molar-refractivity contribution is 0.0708. The van der Waals surface area contributed by atoms with Crippen LogP contribution < -0.4 is 0 Å². The molecule has 0 saturated carbocycles. The summed E-state index contributed by atoms with van der Waals surface area (Å²) in [5.41, 5.74) is 1.72. The Morgan fingerprint density at radius 2 is 2.27 bits per heavy atom. The number of fused-ring (bicyclic) bond motifs is 1. The van der Waals surface area contributed by atoms with E-state index >= 15 is 0 Å². The van der Waals surface area contributed by atoms with Crippen molar-refractivity contribution in [2.75, 3.05) is 18.1 Å². The largest absolute Gasteiger partial charge is 0.429 e. The lowest BCUT2D eigenvalue weighted by Gasteiger charge is -2.26. The van der Waals surface area contributed by atoms with Crippen LogP contribution in [0.5, 0.6) is 0 Å². The van der Waals surface area contributed by atoms with Gasteiger partial charge in [-0.15, -0.1) is 0 Å². The second-order valence-electron chi connectivity index (χ2n) is 5.37. The Balaban J connectivity index is 1.91. The van der Waals surface area contributed by atoms with Crippen LogP contribution >= 0.6 is 12.2 Å². The molecular weight excluding hydrogens is 324 g/mol. The molecule has 1 saturated heterocycles. The second-order valence-corrected chi connectivity index (χ2v) is 7.97. The van der Waals surface area contributed by atoms with Gasteiger partial charge < -0.3 is 14.3 Å². The number of hydrogen-bond acceptors (Lipinski definition) is 5. The van der Waals surface area contributed by atoms with Crippen molar-refractivity contribution >= 4 is 39.1 Å². The van der Waals surface area contributed by atoms with Crippen LogP contribution in [0.1, 0.15) is 23.7 Å². The fraction of sp³-hybridized carbons (Fsp3) is 0.429. The van der Waals surface area contributed by atoms with Crippen molar-refractivity contribution in [3.63, 3.8) is 0 Å². The fourth-order valence-electron chi connectivity index (χ4n) is 2.83. The molecule has 1 fully saturated rings. The van der Waals surface area contributed by atoms with Crippen LogP contribution in [0, 0.1) is 4.84 Å². The van der Waals surface area contributed by atoms with Gasteiger partial charge in [-0.3, -0.25) is 4.79 Å². The first-order valence-corrected chi connectivity index (χ1v) is 9.27. The van der Waals surface area contributed by atoms with Gasteiger partial charge in [-0.25, -0.2) is 8.42 Å². The number of benzene rings is 1. The van der Waals surface area contributed by atoms with Crippen molar-refractivity contribution in [3.8, 4) is 0 Å². The molecule has 0 unspecified atom stereocenters. The molecule has 0 bridgehead atoms. The molecule has 3 rings (SSSR count). The van der Waals surface area contributed by atoms with Crippen LogP contribution in [0.15, 0.2) is 22.6 Å². The minimum Gasteiger partial charge on any atom is -0.429 e. The normalized spacial score (nSPS) is 20.3. The Kier molecular flexibility index (Phi) is 3.82. The second kappa shape index (κ2) is 5.51. The fourth-order valence-corrected chi connectivity index (χ4v) is 4.76. The Hall–Kier alpha value is -1.67. The molecular formula is C14H16N2O4S2. The third kappa shape index (κ3) is 2.80. The molecule has 6 nitrogen and oxygen atoms in total. The van der Waals surface area contributed by atoms with Crippen LogP contribution in [0.3, 0.4) is 0 Å². The molecule has 22 heavy (non-hydrogen) atoms. The van der Waals surface area contributed by atoms with Gasteiger partial charge in [-0.1, -0.05) is 0 Å². The zero-order valence-corrected chi connectivity index (χ0v) is 13.7. The van der Waals surface area contributed by atoms with E-state index in [0.717, 1.165) is 5.52 Å². The highest BCUT2D eigenvalue weighted by Gasteiger charge is 2.34. The molecule has 0 spiro atoms. The van der Waals surface area contributed by atoms with E-state index in [1.807, 2.05) is 6.92 Å². The molecule has 1 aromatic carbocycles. The van der Waals surface area contributed by atoms with Gasteiger partial charge in [0, 0.05) is 18.2 Å². The summed E-state index contributed by atoms with van der Waals surface area (Å²) in [6.07, 6.45) is 0.495. The molecule has 0 aliphatic carbocycles. The molecule has 0 radical (unpaired) electrons. The highest BCUT2D eigenvalue weighted by Crippen LogP contribution is 2.22. The number of nitrogens with zero attached hydrogens (tertiary/aromatic N) is 1. The standard InChI is InChI=1S/C14H16N2O4S2/c1-2-16(10-5-6-22(18,19)8-10)13(17)9-3-4-11-12(7-9)20-14(21)15-11/h3-4,7,10H,2,5-6,8H2,1H3,(H,15,21)/t10-/m1/s1. The topological polar surface area (TPSA) is 83.4 Å². The first-order valence-electron chi connectivity index (χ1n) is 7.04. The van der Waals surface area contributed by atoms with E-state index in [-0.39, 0.29) is 28.3 Å². The zero-order chi connectivity index (χ0) is 15.9. The smallest absolute Gasteiger partial charge is 0.266 e. The van der Waals surface area contributed by atoms with Crippen LogP contribution in [0.4, 0.5) is 0 Å². The zero-order valence-electron chi connectivity index (χ0n) is 12.0. The summed E-state index contributed by atoms with van der Waals surface area (Å²) in [6.45, 7) is 2.32. The van der Waals surface area contributed by atoms with Crippen LogP contribution in [0.25, 0.3) is 11.1 Å². The molecule has 1 N–H and O–H groups in total. The Labute approximate surface area is 133 Å². The third-order valence-corrected chi connectivity index (χ3v) is 5.85. The molecule has 1 atom stereocenters. The highest BCUT2D eigenvalue weighted by molar-refractivity contribution is 7.91. The molecule has 2 aromatic rings. The van der Waals surface area contributed by atoms with Gasteiger partial charge in [0.2, 0.25) is 0 Å². The van der Waals surface area contributed by atoms with E-state index in [0.29, 0.717) is 24.1 Å². The summed E-state index contributed by atoms with van der Waals surface area (Å²) in [5, 5.41) is 0. The van der Waals surface area contributed by atoms with E-state index in [4.69, 9.17) is 16.6 Å². The molecule has 1 aliphatic heterocycles. The van der Waals surface area contributed by atoms with E-state index in [9.17, 15) is 13.2 Å². The first-order chi connectivity index (χ1) is 10.4. The van der Waals surface area contributed by atoms with E-state index < -0.39 is 9.84 Å². The van der Waals surface area contributed by atoms with E-state index in [2.05, 4.69) is 4.98 Å². The average Bonchev–Trinajstić information content (AvgIpc) is 3.00. The number of hydrogen-bond donors (Lipinski definition) is 1. The Bertz CT molecular complexity index is 882. The molecule has 2 heterocycles. The molecule has 1 aromatic heterocycles. The Morgan fingerprint density at radius 1 is 1.50 bits per heavy atom. The number of rotatable bonds is 3. The van der Waals surface area contributed by atoms with Crippen molar-refractivity contribution in [3.05, 3.63) is 28.6 Å². The number of H-pyrrole nitrogens is 1. The van der Waals surface area contributed by atoms with Gasteiger partial charge in [-0.05, 0) is 43.8 Å². The minimum absolute atomic E-state index is 0.0413. The monoisotopic (exact) mass is 340 g/mol. The summed E-state index contributed by atoms with van der Waals surface area (Å²) in [5.74, 6) is 0.000822. The van der Waals surface area contributed by atoms with Gasteiger partial charge in [0.25, 0.3) is 10.7 Å². The quantitative estimate of drug-likeness (QED) is 0.866. The number of aromatic amines is 1. The predicted molar refractivity (Wildman–Crippen MR) is 85.2 cm³/mol. The van der Waals surface area contributed by atoms with Crippen molar-refractivity contribution in [1.82, 2.24) is 9.88 Å². The van der Waals surface area contributed by atoms with Crippen LogP contribution in [-0.4, -0.2) is 48.3 Å². The number of sulfone groups is 1. The SMILES string of the molecule is CCN(C(=O)c1ccc2[nH]c(=S)oc2c1)[C@@H]1CCS(=O)(=O)C1. The number of carbonyl (C=O) groups is 1. The maximum absolute atomic E-state index is 12.7. The van der Waals surface area contributed by atoms with Crippen LogP contribution in [0.2, 0.25) is 0 Å². The maximum atomic E-state index is 12.7. The number of nitrogens with one attached hydrogen (secondary N) is 1. The molecule has 8 heteroatoms. The number of oxazole rings is 1. The van der Waals surface area contributed by atoms with Crippen LogP contribution in [-0.2, 0) is 9.84 Å². The van der Waals surface area contributed by atoms with Gasteiger partial charge in [-0.2, -0.15) is 0 Å². The van der Waals surface area contributed by atoms with E-state index in [1.165, 1.54) is 0 Å².